The fraction of sp³-hybridized carbons (Fsp3) is 0.971. The summed E-state index contributed by atoms with van der Waals surface area (Å²) in [6, 6.07) is 0. The number of carbonyl (C=O) groups is 1. The molecule has 0 aromatic carbocycles. The number of rotatable bonds is 26. The summed E-state index contributed by atoms with van der Waals surface area (Å²) >= 11 is 0. The molecule has 0 aromatic rings. The van der Waals surface area contributed by atoms with Crippen molar-refractivity contribution in [3.05, 3.63) is 0 Å². The van der Waals surface area contributed by atoms with Crippen LogP contribution in [0.15, 0.2) is 0 Å². The highest BCUT2D eigenvalue weighted by Gasteiger charge is 2.40. The molecule has 248 valence electrons. The molecule has 0 radical (unpaired) electrons. The maximum absolute atomic E-state index is 11.7. The lowest BCUT2D eigenvalue weighted by atomic mass is 9.94. The Bertz CT molecular complexity index is 674. The van der Waals surface area contributed by atoms with Crippen LogP contribution < -0.4 is 0 Å². The lowest BCUT2D eigenvalue weighted by Gasteiger charge is -2.22. The molecule has 0 aromatic heterocycles. The van der Waals surface area contributed by atoms with Gasteiger partial charge < -0.3 is 29.9 Å². The average Bonchev–Trinajstić information content (AvgIpc) is 3.56. The molecule has 2 aliphatic heterocycles. The van der Waals surface area contributed by atoms with Crippen LogP contribution in [0.25, 0.3) is 0 Å². The molecule has 4 N–H and O–H groups in total. The summed E-state index contributed by atoms with van der Waals surface area (Å²) in [5, 5.41) is 41.5. The third-order valence-corrected chi connectivity index (χ3v) is 9.63. The lowest BCUT2D eigenvalue weighted by molar-refractivity contribution is -0.143. The summed E-state index contributed by atoms with van der Waals surface area (Å²) in [5.74, 6) is -0.632. The fourth-order valence-corrected chi connectivity index (χ4v) is 6.72. The fourth-order valence-electron chi connectivity index (χ4n) is 6.72. The minimum Gasteiger partial charge on any atom is -0.460 e. The van der Waals surface area contributed by atoms with Crippen LogP contribution in [0.1, 0.15) is 168 Å². The Labute approximate surface area is 257 Å². The van der Waals surface area contributed by atoms with E-state index < -0.39 is 24.4 Å². The Morgan fingerprint density at radius 2 is 1.10 bits per heavy atom. The summed E-state index contributed by atoms with van der Waals surface area (Å²) in [5.41, 5.74) is 0. The molecule has 2 aliphatic rings. The molecular formula is C35H66O7. The first-order chi connectivity index (χ1) is 20.3. The maximum Gasteiger partial charge on any atom is 0.312 e. The van der Waals surface area contributed by atoms with E-state index in [1.165, 1.54) is 57.8 Å². The molecule has 0 unspecified atom stereocenters. The summed E-state index contributed by atoms with van der Waals surface area (Å²) in [6.45, 7) is 3.99. The van der Waals surface area contributed by atoms with Crippen LogP contribution in [0.4, 0.5) is 0 Å². The van der Waals surface area contributed by atoms with E-state index in [9.17, 15) is 25.2 Å². The van der Waals surface area contributed by atoms with Crippen LogP contribution in [-0.4, -0.2) is 69.1 Å². The summed E-state index contributed by atoms with van der Waals surface area (Å²) in [4.78, 5) is 11.7. The van der Waals surface area contributed by atoms with Gasteiger partial charge in [-0.1, -0.05) is 116 Å². The Morgan fingerprint density at radius 3 is 1.60 bits per heavy atom. The van der Waals surface area contributed by atoms with Crippen molar-refractivity contribution in [3.8, 4) is 0 Å². The Kier molecular flexibility index (Phi) is 20.3. The summed E-state index contributed by atoms with van der Waals surface area (Å²) < 4.78 is 11.1. The average molecular weight is 599 g/mol. The van der Waals surface area contributed by atoms with Gasteiger partial charge in [0.25, 0.3) is 0 Å². The van der Waals surface area contributed by atoms with E-state index in [1.807, 2.05) is 0 Å². The van der Waals surface area contributed by atoms with Gasteiger partial charge >= 0.3 is 5.97 Å². The van der Waals surface area contributed by atoms with Gasteiger partial charge in [0, 0.05) is 0 Å². The van der Waals surface area contributed by atoms with Crippen molar-refractivity contribution in [3.63, 3.8) is 0 Å². The monoisotopic (exact) mass is 598 g/mol. The van der Waals surface area contributed by atoms with Gasteiger partial charge in [-0.2, -0.15) is 0 Å². The van der Waals surface area contributed by atoms with Gasteiger partial charge in [-0.15, -0.1) is 0 Å². The van der Waals surface area contributed by atoms with Gasteiger partial charge in [-0.25, -0.2) is 0 Å². The van der Waals surface area contributed by atoms with E-state index in [2.05, 4.69) is 6.92 Å². The molecule has 0 saturated carbocycles. The van der Waals surface area contributed by atoms with Crippen LogP contribution in [0.5, 0.6) is 0 Å². The number of ether oxygens (including phenoxy) is 2. The van der Waals surface area contributed by atoms with Gasteiger partial charge in [-0.3, -0.25) is 4.79 Å². The lowest BCUT2D eigenvalue weighted by Crippen LogP contribution is -2.31. The second-order valence-corrected chi connectivity index (χ2v) is 13.4. The first-order valence-electron chi connectivity index (χ1n) is 17.9. The van der Waals surface area contributed by atoms with Gasteiger partial charge in [0.05, 0.1) is 36.4 Å². The van der Waals surface area contributed by atoms with E-state index in [-0.39, 0.29) is 30.2 Å². The van der Waals surface area contributed by atoms with E-state index in [0.717, 1.165) is 83.5 Å². The zero-order valence-electron chi connectivity index (χ0n) is 27.1. The quantitative estimate of drug-likeness (QED) is 0.0618. The summed E-state index contributed by atoms with van der Waals surface area (Å²) in [6.07, 6.45) is 22.5. The zero-order chi connectivity index (χ0) is 30.6. The second-order valence-electron chi connectivity index (χ2n) is 13.4. The van der Waals surface area contributed by atoms with Crippen molar-refractivity contribution in [1.82, 2.24) is 0 Å². The van der Waals surface area contributed by atoms with Crippen molar-refractivity contribution in [1.29, 1.82) is 0 Å². The van der Waals surface area contributed by atoms with E-state index in [4.69, 9.17) is 9.47 Å². The third-order valence-electron chi connectivity index (χ3n) is 9.63. The van der Waals surface area contributed by atoms with Gasteiger partial charge in [0.15, 0.2) is 0 Å². The van der Waals surface area contributed by atoms with E-state index >= 15 is 0 Å². The van der Waals surface area contributed by atoms with Crippen LogP contribution >= 0.6 is 0 Å². The maximum atomic E-state index is 11.7. The highest BCUT2D eigenvalue weighted by Crippen LogP contribution is 2.29. The number of unbranched alkanes of at least 4 members (excludes halogenated alkanes) is 14. The molecule has 2 fully saturated rings. The van der Waals surface area contributed by atoms with Crippen LogP contribution in [-0.2, 0) is 14.3 Å². The largest absolute Gasteiger partial charge is 0.460 e. The molecule has 0 aliphatic carbocycles. The number of esters is 1. The molecule has 8 atom stereocenters. The molecule has 0 amide bonds. The molecule has 42 heavy (non-hydrogen) atoms. The number of aliphatic hydroxyl groups excluding tert-OH is 4. The Balaban J connectivity index is 1.39. The van der Waals surface area contributed by atoms with Crippen molar-refractivity contribution in [2.75, 3.05) is 0 Å². The number of cyclic esters (lactones) is 1. The minimum absolute atomic E-state index is 0.139. The molecule has 7 nitrogen and oxygen atoms in total. The number of hydrogen-bond donors (Lipinski definition) is 4. The highest BCUT2D eigenvalue weighted by atomic mass is 16.6. The normalized spacial score (nSPS) is 26.4. The first kappa shape index (κ1) is 37.5. The smallest absolute Gasteiger partial charge is 0.312 e. The van der Waals surface area contributed by atoms with Gasteiger partial charge in [0.2, 0.25) is 0 Å². The second kappa shape index (κ2) is 22.7. The predicted octanol–water partition coefficient (Wildman–Crippen LogP) is 7.14. The number of aliphatic hydroxyl groups is 4. The van der Waals surface area contributed by atoms with Crippen LogP contribution in [0.3, 0.4) is 0 Å². The van der Waals surface area contributed by atoms with E-state index in [1.54, 1.807) is 6.92 Å². The summed E-state index contributed by atoms with van der Waals surface area (Å²) in [7, 11) is 0. The number of carbonyl (C=O) groups excluding carboxylic acids is 1. The van der Waals surface area contributed by atoms with Crippen molar-refractivity contribution < 1.29 is 34.7 Å². The molecule has 7 heteroatoms. The molecule has 0 bridgehead atoms. The highest BCUT2D eigenvalue weighted by molar-refractivity contribution is 5.75. The van der Waals surface area contributed by atoms with Crippen LogP contribution in [0, 0.1) is 5.92 Å². The zero-order valence-corrected chi connectivity index (χ0v) is 27.1. The molecular weight excluding hydrogens is 532 g/mol. The topological polar surface area (TPSA) is 116 Å². The molecule has 2 rings (SSSR count). The molecule has 0 spiro atoms. The minimum atomic E-state index is -0.673. The third kappa shape index (κ3) is 15.3. The number of hydrogen-bond acceptors (Lipinski definition) is 7. The Hall–Kier alpha value is -0.730. The van der Waals surface area contributed by atoms with Crippen molar-refractivity contribution in [2.24, 2.45) is 5.92 Å². The Morgan fingerprint density at radius 1 is 0.667 bits per heavy atom. The predicted molar refractivity (Wildman–Crippen MR) is 168 cm³/mol. The molecule has 2 saturated heterocycles. The van der Waals surface area contributed by atoms with Crippen LogP contribution in [0.2, 0.25) is 0 Å². The van der Waals surface area contributed by atoms with Crippen molar-refractivity contribution in [2.45, 2.75) is 211 Å². The SMILES string of the molecule is CCCCCCCCCCCC[C@@H](O)[C@H]1CC[C@@H]([C@@H](O)CCCC[C@H](O)CCCCCCC[C@@H]2C(=O)O[C@H](C)[C@@H]2O)O1. The van der Waals surface area contributed by atoms with E-state index in [0.29, 0.717) is 12.8 Å². The first-order valence-corrected chi connectivity index (χ1v) is 17.9. The van der Waals surface area contributed by atoms with Gasteiger partial charge in [0.1, 0.15) is 12.2 Å². The van der Waals surface area contributed by atoms with Crippen molar-refractivity contribution >= 4 is 5.97 Å². The molecule has 2 heterocycles. The standard InChI is InChI=1S/C35H66O7/c1-3-4-5-6-7-8-9-10-14-17-23-30(37)32-25-26-33(42-32)31(38)24-19-18-21-28(36)20-15-12-11-13-16-22-29-34(39)27(2)41-35(29)40/h27-34,36-39H,3-26H2,1-2H3/t27-,28-,29+,30-,31+,32-,33+,34+/m1/s1. The van der Waals surface area contributed by atoms with Gasteiger partial charge in [-0.05, 0) is 51.9 Å².